The number of halogens is 1. The lowest BCUT2D eigenvalue weighted by Gasteiger charge is -2.19. The topological polar surface area (TPSA) is 58.4 Å². The van der Waals surface area contributed by atoms with E-state index in [4.69, 9.17) is 16.1 Å². The minimum Gasteiger partial charge on any atom is -0.371 e. The number of aromatic nitrogens is 1. The largest absolute Gasteiger partial charge is 0.371 e. The Kier molecular flexibility index (Phi) is 5.09. The first-order valence-corrected chi connectivity index (χ1v) is 8.70. The highest BCUT2D eigenvalue weighted by Gasteiger charge is 2.25. The second kappa shape index (κ2) is 7.26. The van der Waals surface area contributed by atoms with Crippen LogP contribution in [0.15, 0.2) is 28.8 Å². The minimum absolute atomic E-state index is 0.0875. The standard InChI is InChI=1S/C18H22ClN3O2/c1-3-16-17(12(2)24-21-16)18(23)20-10-13-8-9-22(11-13)15-6-4-14(19)5-7-15/h4-7,13H,3,8-11H2,1-2H3,(H,20,23)/t13-/m1/s1. The van der Waals surface area contributed by atoms with E-state index in [1.54, 1.807) is 6.92 Å². The molecule has 3 rings (SSSR count). The zero-order valence-corrected chi connectivity index (χ0v) is 14.8. The van der Waals surface area contributed by atoms with Gasteiger partial charge in [-0.2, -0.15) is 0 Å². The summed E-state index contributed by atoms with van der Waals surface area (Å²) in [6, 6.07) is 7.90. The molecule has 0 radical (unpaired) electrons. The predicted molar refractivity (Wildman–Crippen MR) is 94.7 cm³/mol. The molecule has 1 aliphatic rings. The van der Waals surface area contributed by atoms with Crippen molar-refractivity contribution >= 4 is 23.2 Å². The highest BCUT2D eigenvalue weighted by Crippen LogP contribution is 2.25. The molecule has 0 spiro atoms. The second-order valence-electron chi connectivity index (χ2n) is 6.20. The number of benzene rings is 1. The number of amides is 1. The zero-order valence-electron chi connectivity index (χ0n) is 14.0. The van der Waals surface area contributed by atoms with Crippen molar-refractivity contribution in [2.75, 3.05) is 24.5 Å². The summed E-state index contributed by atoms with van der Waals surface area (Å²) in [5, 5.41) is 7.72. The van der Waals surface area contributed by atoms with E-state index >= 15 is 0 Å². The van der Waals surface area contributed by atoms with Gasteiger partial charge < -0.3 is 14.7 Å². The van der Waals surface area contributed by atoms with Crippen molar-refractivity contribution in [3.8, 4) is 0 Å². The molecule has 128 valence electrons. The Labute approximate surface area is 147 Å². The van der Waals surface area contributed by atoms with Gasteiger partial charge in [-0.3, -0.25) is 4.79 Å². The fourth-order valence-corrected chi connectivity index (χ4v) is 3.29. The van der Waals surface area contributed by atoms with Gasteiger partial charge in [0.05, 0.1) is 5.69 Å². The van der Waals surface area contributed by atoms with Crippen molar-refractivity contribution in [3.05, 3.63) is 46.3 Å². The Morgan fingerprint density at radius 3 is 2.88 bits per heavy atom. The third-order valence-electron chi connectivity index (χ3n) is 4.52. The van der Waals surface area contributed by atoms with Crippen molar-refractivity contribution in [1.82, 2.24) is 10.5 Å². The molecule has 6 heteroatoms. The molecule has 0 aliphatic carbocycles. The van der Waals surface area contributed by atoms with Crippen LogP contribution in [0.4, 0.5) is 5.69 Å². The molecule has 1 saturated heterocycles. The summed E-state index contributed by atoms with van der Waals surface area (Å²) in [4.78, 5) is 14.7. The number of rotatable bonds is 5. The van der Waals surface area contributed by atoms with Gasteiger partial charge in [0.15, 0.2) is 0 Å². The van der Waals surface area contributed by atoms with Crippen LogP contribution in [0.1, 0.15) is 35.2 Å². The SMILES string of the molecule is CCc1noc(C)c1C(=O)NC[C@H]1CCN(c2ccc(Cl)cc2)C1. The molecule has 1 amide bonds. The first-order chi connectivity index (χ1) is 11.6. The van der Waals surface area contributed by atoms with Gasteiger partial charge in [-0.05, 0) is 49.9 Å². The van der Waals surface area contributed by atoms with E-state index in [-0.39, 0.29) is 5.91 Å². The number of hydrogen-bond donors (Lipinski definition) is 1. The van der Waals surface area contributed by atoms with Gasteiger partial charge in [0, 0.05) is 30.3 Å². The van der Waals surface area contributed by atoms with Crippen LogP contribution >= 0.6 is 11.6 Å². The first kappa shape index (κ1) is 16.8. The fraction of sp³-hybridized carbons (Fsp3) is 0.444. The highest BCUT2D eigenvalue weighted by atomic mass is 35.5. The van der Waals surface area contributed by atoms with Crippen LogP contribution in [0.5, 0.6) is 0 Å². The number of anilines is 1. The molecule has 0 bridgehead atoms. The van der Waals surface area contributed by atoms with E-state index in [1.807, 2.05) is 31.2 Å². The van der Waals surface area contributed by atoms with Crippen molar-refractivity contribution in [2.24, 2.45) is 5.92 Å². The lowest BCUT2D eigenvalue weighted by molar-refractivity contribution is 0.0946. The number of carbonyl (C=O) groups is 1. The lowest BCUT2D eigenvalue weighted by Crippen LogP contribution is -2.31. The molecule has 5 nitrogen and oxygen atoms in total. The van der Waals surface area contributed by atoms with E-state index in [9.17, 15) is 4.79 Å². The summed E-state index contributed by atoms with van der Waals surface area (Å²) < 4.78 is 5.13. The molecule has 1 N–H and O–H groups in total. The van der Waals surface area contributed by atoms with Gasteiger partial charge in [-0.15, -0.1) is 0 Å². The molecule has 24 heavy (non-hydrogen) atoms. The van der Waals surface area contributed by atoms with Crippen LogP contribution in [-0.4, -0.2) is 30.7 Å². The van der Waals surface area contributed by atoms with Crippen LogP contribution in [0, 0.1) is 12.8 Å². The first-order valence-electron chi connectivity index (χ1n) is 8.32. The van der Waals surface area contributed by atoms with Crippen LogP contribution in [0.25, 0.3) is 0 Å². The van der Waals surface area contributed by atoms with Crippen LogP contribution in [0.3, 0.4) is 0 Å². The maximum Gasteiger partial charge on any atom is 0.256 e. The van der Waals surface area contributed by atoms with E-state index < -0.39 is 0 Å². The number of hydrogen-bond acceptors (Lipinski definition) is 4. The van der Waals surface area contributed by atoms with Gasteiger partial charge >= 0.3 is 0 Å². The normalized spacial score (nSPS) is 17.3. The number of carbonyl (C=O) groups excluding carboxylic acids is 1. The van der Waals surface area contributed by atoms with E-state index in [2.05, 4.69) is 15.4 Å². The third kappa shape index (κ3) is 3.56. The summed E-state index contributed by atoms with van der Waals surface area (Å²) in [5.74, 6) is 0.934. The summed E-state index contributed by atoms with van der Waals surface area (Å²) in [6.45, 7) is 6.34. The summed E-state index contributed by atoms with van der Waals surface area (Å²) >= 11 is 5.94. The van der Waals surface area contributed by atoms with Gasteiger partial charge in [-0.1, -0.05) is 23.7 Å². The third-order valence-corrected chi connectivity index (χ3v) is 4.78. The maximum absolute atomic E-state index is 12.4. The molecule has 2 aromatic rings. The van der Waals surface area contributed by atoms with Gasteiger partial charge in [0.2, 0.25) is 0 Å². The summed E-state index contributed by atoms with van der Waals surface area (Å²) in [6.07, 6.45) is 1.75. The smallest absolute Gasteiger partial charge is 0.256 e. The average molecular weight is 348 g/mol. The molecule has 1 aromatic heterocycles. The van der Waals surface area contributed by atoms with Crippen molar-refractivity contribution < 1.29 is 9.32 Å². The Morgan fingerprint density at radius 2 is 2.17 bits per heavy atom. The van der Waals surface area contributed by atoms with Crippen LogP contribution < -0.4 is 10.2 Å². The van der Waals surface area contributed by atoms with E-state index in [0.717, 1.165) is 30.2 Å². The molecular formula is C18H22ClN3O2. The Hall–Kier alpha value is -2.01. The molecule has 1 aromatic carbocycles. The quantitative estimate of drug-likeness (QED) is 0.900. The monoisotopic (exact) mass is 347 g/mol. The molecule has 2 heterocycles. The number of nitrogens with zero attached hydrogens (tertiary/aromatic N) is 2. The molecule has 1 aliphatic heterocycles. The van der Waals surface area contributed by atoms with Gasteiger partial charge in [0.1, 0.15) is 11.3 Å². The summed E-state index contributed by atoms with van der Waals surface area (Å²) in [7, 11) is 0. The Balaban J connectivity index is 1.55. The molecular weight excluding hydrogens is 326 g/mol. The Bertz CT molecular complexity index is 712. The molecule has 0 unspecified atom stereocenters. The average Bonchev–Trinajstić information content (AvgIpc) is 3.20. The predicted octanol–water partition coefficient (Wildman–Crippen LogP) is 3.46. The maximum atomic E-state index is 12.4. The number of nitrogens with one attached hydrogen (secondary N) is 1. The molecule has 1 fully saturated rings. The van der Waals surface area contributed by atoms with Crippen molar-refractivity contribution in [1.29, 1.82) is 0 Å². The minimum atomic E-state index is -0.0875. The number of aryl methyl sites for hydroxylation is 2. The molecule has 0 saturated carbocycles. The second-order valence-corrected chi connectivity index (χ2v) is 6.64. The Morgan fingerprint density at radius 1 is 1.42 bits per heavy atom. The van der Waals surface area contributed by atoms with E-state index in [0.29, 0.717) is 30.2 Å². The summed E-state index contributed by atoms with van der Waals surface area (Å²) in [5.41, 5.74) is 2.49. The van der Waals surface area contributed by atoms with Gasteiger partial charge in [-0.25, -0.2) is 0 Å². The molecule has 1 atom stereocenters. The van der Waals surface area contributed by atoms with Crippen LogP contribution in [-0.2, 0) is 6.42 Å². The van der Waals surface area contributed by atoms with Crippen molar-refractivity contribution in [3.63, 3.8) is 0 Å². The van der Waals surface area contributed by atoms with E-state index in [1.165, 1.54) is 5.69 Å². The van der Waals surface area contributed by atoms with Crippen LogP contribution in [0.2, 0.25) is 5.02 Å². The van der Waals surface area contributed by atoms with Gasteiger partial charge in [0.25, 0.3) is 5.91 Å². The van der Waals surface area contributed by atoms with Crippen molar-refractivity contribution in [2.45, 2.75) is 26.7 Å². The zero-order chi connectivity index (χ0) is 17.1. The fourth-order valence-electron chi connectivity index (χ4n) is 3.16. The lowest BCUT2D eigenvalue weighted by atomic mass is 10.1. The highest BCUT2D eigenvalue weighted by molar-refractivity contribution is 6.30.